The fraction of sp³-hybridized carbons (Fsp3) is 0.364. The molecule has 2 aromatic heterocycles. The predicted octanol–water partition coefficient (Wildman–Crippen LogP) is 4.43. The smallest absolute Gasteiger partial charge is 0.355 e. The highest BCUT2D eigenvalue weighted by molar-refractivity contribution is 5.98. The van der Waals surface area contributed by atoms with Gasteiger partial charge in [0.1, 0.15) is 11.5 Å². The summed E-state index contributed by atoms with van der Waals surface area (Å²) in [6.45, 7) is 4.97. The summed E-state index contributed by atoms with van der Waals surface area (Å²) in [6, 6.07) is 12.3. The lowest BCUT2D eigenvalue weighted by Crippen LogP contribution is -2.36. The van der Waals surface area contributed by atoms with E-state index in [-0.39, 0.29) is 5.91 Å². The summed E-state index contributed by atoms with van der Waals surface area (Å²) in [5, 5.41) is 1.04. The Morgan fingerprint density at radius 3 is 2.57 bits per heavy atom. The van der Waals surface area contributed by atoms with Crippen molar-refractivity contribution in [3.8, 4) is 0 Å². The molecule has 1 amide bonds. The first-order chi connectivity index (χ1) is 14.4. The first-order valence-corrected chi connectivity index (χ1v) is 10.0. The number of carbonyl (C=O) groups excluding carboxylic acids is 1. The summed E-state index contributed by atoms with van der Waals surface area (Å²) in [5.74, 6) is 0.482. The molecule has 4 rings (SSSR count). The second-order valence-corrected chi connectivity index (χ2v) is 7.37. The van der Waals surface area contributed by atoms with Crippen molar-refractivity contribution in [3.05, 3.63) is 59.9 Å². The molecule has 158 valence electrons. The molecule has 1 saturated heterocycles. The zero-order valence-electron chi connectivity index (χ0n) is 16.7. The van der Waals surface area contributed by atoms with Crippen LogP contribution in [0, 0.1) is 0 Å². The molecule has 30 heavy (non-hydrogen) atoms. The number of aryl methyl sites for hydroxylation is 1. The minimum atomic E-state index is -4.40. The van der Waals surface area contributed by atoms with Gasteiger partial charge in [-0.15, -0.1) is 0 Å². The molecule has 0 atom stereocenters. The quantitative estimate of drug-likeness (QED) is 0.635. The fourth-order valence-electron chi connectivity index (χ4n) is 3.98. The van der Waals surface area contributed by atoms with E-state index >= 15 is 0 Å². The van der Waals surface area contributed by atoms with Crippen molar-refractivity contribution in [1.82, 2.24) is 14.5 Å². The monoisotopic (exact) mass is 416 g/mol. The van der Waals surface area contributed by atoms with Gasteiger partial charge >= 0.3 is 6.18 Å². The molecule has 1 fully saturated rings. The number of hydrogen-bond donors (Lipinski definition) is 0. The second kappa shape index (κ2) is 8.01. The summed E-state index contributed by atoms with van der Waals surface area (Å²) in [5.41, 5.74) is 0.943. The normalized spacial score (nSPS) is 15.5. The average Bonchev–Trinajstić information content (AvgIpc) is 2.93. The number of para-hydroxylation sites is 1. The Labute approximate surface area is 172 Å². The molecule has 0 spiro atoms. The van der Waals surface area contributed by atoms with Crippen LogP contribution in [0.15, 0.2) is 48.7 Å². The molecule has 0 aliphatic carbocycles. The van der Waals surface area contributed by atoms with Crippen LogP contribution >= 0.6 is 0 Å². The number of carbonyl (C=O) groups is 1. The van der Waals surface area contributed by atoms with E-state index in [4.69, 9.17) is 0 Å². The highest BCUT2D eigenvalue weighted by Crippen LogP contribution is 2.29. The Morgan fingerprint density at radius 2 is 1.87 bits per heavy atom. The van der Waals surface area contributed by atoms with Crippen LogP contribution in [0.1, 0.15) is 29.4 Å². The van der Waals surface area contributed by atoms with Crippen LogP contribution in [0.5, 0.6) is 0 Å². The van der Waals surface area contributed by atoms with Gasteiger partial charge in [0.15, 0.2) is 0 Å². The van der Waals surface area contributed by atoms with Gasteiger partial charge in [0.05, 0.1) is 5.56 Å². The molecule has 3 aromatic rings. The first kappa shape index (κ1) is 20.3. The third kappa shape index (κ3) is 3.86. The zero-order chi connectivity index (χ0) is 21.3. The van der Waals surface area contributed by atoms with E-state index in [9.17, 15) is 18.0 Å². The molecule has 8 heteroatoms. The van der Waals surface area contributed by atoms with E-state index < -0.39 is 11.7 Å². The van der Waals surface area contributed by atoms with E-state index in [2.05, 4.69) is 4.98 Å². The van der Waals surface area contributed by atoms with E-state index in [0.717, 1.165) is 29.6 Å². The molecule has 0 unspecified atom stereocenters. The van der Waals surface area contributed by atoms with Gasteiger partial charge in [0, 0.05) is 49.8 Å². The molecular formula is C22H23F3N4O. The third-order valence-corrected chi connectivity index (χ3v) is 5.53. The highest BCUT2D eigenvalue weighted by Gasteiger charge is 2.31. The number of rotatable bonds is 3. The molecule has 3 heterocycles. The van der Waals surface area contributed by atoms with Crippen LogP contribution in [0.25, 0.3) is 10.9 Å². The number of alkyl halides is 3. The van der Waals surface area contributed by atoms with Crippen molar-refractivity contribution in [1.29, 1.82) is 0 Å². The molecule has 0 N–H and O–H groups in total. The number of hydrogen-bond acceptors (Lipinski definition) is 3. The molecule has 1 aliphatic rings. The van der Waals surface area contributed by atoms with Crippen LogP contribution < -0.4 is 4.90 Å². The molecule has 0 saturated carbocycles. The van der Waals surface area contributed by atoms with E-state index in [1.807, 2.05) is 51.6 Å². The molecule has 0 bridgehead atoms. The van der Waals surface area contributed by atoms with Crippen molar-refractivity contribution in [2.45, 2.75) is 26.1 Å². The number of amides is 1. The van der Waals surface area contributed by atoms with Crippen LogP contribution in [-0.2, 0) is 12.7 Å². The maximum atomic E-state index is 13.2. The lowest BCUT2D eigenvalue weighted by Gasteiger charge is -2.23. The van der Waals surface area contributed by atoms with Gasteiger partial charge in [0.2, 0.25) is 0 Å². The number of pyridine rings is 1. The molecule has 0 radical (unpaired) electrons. The Kier molecular flexibility index (Phi) is 5.40. The van der Waals surface area contributed by atoms with Gasteiger partial charge in [-0.2, -0.15) is 13.2 Å². The van der Waals surface area contributed by atoms with Crippen LogP contribution in [-0.4, -0.2) is 46.5 Å². The standard InChI is InChI=1S/C22H23F3N4O/c1-2-29-18-7-4-3-6-16(18)14-19(29)21(30)28-11-5-10-27(12-13-28)20-9-8-17(15-26-20)22(23,24)25/h3-4,6-9,14-15H,2,5,10-13H2,1H3. The summed E-state index contributed by atoms with van der Waals surface area (Å²) in [6.07, 6.45) is -2.81. The Morgan fingerprint density at radius 1 is 1.07 bits per heavy atom. The van der Waals surface area contributed by atoms with Gasteiger partial charge in [-0.3, -0.25) is 4.79 Å². The number of anilines is 1. The van der Waals surface area contributed by atoms with Crippen molar-refractivity contribution in [2.24, 2.45) is 0 Å². The number of benzene rings is 1. The third-order valence-electron chi connectivity index (χ3n) is 5.53. The van der Waals surface area contributed by atoms with Gasteiger partial charge in [0.25, 0.3) is 5.91 Å². The second-order valence-electron chi connectivity index (χ2n) is 7.37. The minimum Gasteiger partial charge on any atom is -0.355 e. The summed E-state index contributed by atoms with van der Waals surface area (Å²) in [7, 11) is 0. The molecule has 5 nitrogen and oxygen atoms in total. The SMILES string of the molecule is CCn1c(C(=O)N2CCCN(c3ccc(C(F)(F)F)cn3)CC2)cc2ccccc21. The fourth-order valence-corrected chi connectivity index (χ4v) is 3.98. The van der Waals surface area contributed by atoms with Gasteiger partial charge < -0.3 is 14.4 Å². The van der Waals surface area contributed by atoms with Crippen LogP contribution in [0.2, 0.25) is 0 Å². The summed E-state index contributed by atoms with van der Waals surface area (Å²) in [4.78, 5) is 21.0. The molecule has 1 aliphatic heterocycles. The maximum absolute atomic E-state index is 13.2. The van der Waals surface area contributed by atoms with Crippen molar-refractivity contribution in [2.75, 3.05) is 31.1 Å². The zero-order valence-corrected chi connectivity index (χ0v) is 16.7. The lowest BCUT2D eigenvalue weighted by atomic mass is 10.2. The molecule has 1 aromatic carbocycles. The Bertz CT molecular complexity index is 1040. The van der Waals surface area contributed by atoms with Crippen molar-refractivity contribution >= 4 is 22.6 Å². The molecular weight excluding hydrogens is 393 g/mol. The van der Waals surface area contributed by atoms with Crippen LogP contribution in [0.4, 0.5) is 19.0 Å². The summed E-state index contributed by atoms with van der Waals surface area (Å²) >= 11 is 0. The number of halogens is 3. The first-order valence-electron chi connectivity index (χ1n) is 10.0. The number of nitrogens with zero attached hydrogens (tertiary/aromatic N) is 4. The largest absolute Gasteiger partial charge is 0.417 e. The minimum absolute atomic E-state index is 0.0183. The van der Waals surface area contributed by atoms with E-state index in [0.29, 0.717) is 44.2 Å². The average molecular weight is 416 g/mol. The van der Waals surface area contributed by atoms with Crippen molar-refractivity contribution < 1.29 is 18.0 Å². The maximum Gasteiger partial charge on any atom is 0.417 e. The summed E-state index contributed by atoms with van der Waals surface area (Å²) < 4.78 is 40.3. The Balaban J connectivity index is 1.50. The number of aromatic nitrogens is 2. The van der Waals surface area contributed by atoms with Crippen molar-refractivity contribution in [3.63, 3.8) is 0 Å². The highest BCUT2D eigenvalue weighted by atomic mass is 19.4. The number of fused-ring (bicyclic) bond motifs is 1. The lowest BCUT2D eigenvalue weighted by molar-refractivity contribution is -0.137. The van der Waals surface area contributed by atoms with E-state index in [1.54, 1.807) is 0 Å². The van der Waals surface area contributed by atoms with Crippen LogP contribution in [0.3, 0.4) is 0 Å². The van der Waals surface area contributed by atoms with Gasteiger partial charge in [-0.05, 0) is 37.6 Å². The van der Waals surface area contributed by atoms with Gasteiger partial charge in [-0.1, -0.05) is 18.2 Å². The topological polar surface area (TPSA) is 41.4 Å². The Hall–Kier alpha value is -3.03. The van der Waals surface area contributed by atoms with Gasteiger partial charge in [-0.25, -0.2) is 4.98 Å². The predicted molar refractivity (Wildman–Crippen MR) is 110 cm³/mol. The van der Waals surface area contributed by atoms with E-state index in [1.165, 1.54) is 6.07 Å².